The molecule has 22 heavy (non-hydrogen) atoms. The second kappa shape index (κ2) is 7.23. The van der Waals surface area contributed by atoms with Crippen molar-refractivity contribution in [3.63, 3.8) is 0 Å². The summed E-state index contributed by atoms with van der Waals surface area (Å²) in [4.78, 5) is 0. The Morgan fingerprint density at radius 1 is 0.909 bits per heavy atom. The fraction of sp³-hybridized carbons (Fsp3) is 0.333. The molecule has 0 bridgehead atoms. The van der Waals surface area contributed by atoms with Gasteiger partial charge in [0.15, 0.2) is 0 Å². The zero-order chi connectivity index (χ0) is 16.4. The Kier molecular flexibility index (Phi) is 5.79. The van der Waals surface area contributed by atoms with Crippen molar-refractivity contribution in [2.24, 2.45) is 0 Å². The fourth-order valence-corrected chi connectivity index (χ4v) is 3.96. The van der Waals surface area contributed by atoms with E-state index in [9.17, 15) is 0 Å². The summed E-state index contributed by atoms with van der Waals surface area (Å²) in [5.41, 5.74) is 6.08. The van der Waals surface area contributed by atoms with Gasteiger partial charge in [-0.2, -0.15) is 0 Å². The molecule has 1 unspecified atom stereocenters. The molecule has 1 atom stereocenters. The quantitative estimate of drug-likeness (QED) is 0.666. The molecule has 0 spiro atoms. The molecule has 2 aromatic carbocycles. The molecule has 0 saturated carbocycles. The number of hydrogen-bond donors (Lipinski definition) is 1. The van der Waals surface area contributed by atoms with Crippen LogP contribution in [0.3, 0.4) is 0 Å². The van der Waals surface area contributed by atoms with Crippen LogP contribution in [0.5, 0.6) is 0 Å². The third-order valence-electron chi connectivity index (χ3n) is 3.90. The normalized spacial score (nSPS) is 12.5. The highest BCUT2D eigenvalue weighted by molar-refractivity contribution is 6.39. The van der Waals surface area contributed by atoms with Crippen molar-refractivity contribution < 1.29 is 0 Å². The van der Waals surface area contributed by atoms with E-state index in [2.05, 4.69) is 45.1 Å². The van der Waals surface area contributed by atoms with Gasteiger partial charge in [-0.25, -0.2) is 0 Å². The molecule has 0 radical (unpaired) electrons. The summed E-state index contributed by atoms with van der Waals surface area (Å²) in [6, 6.07) is 7.90. The molecule has 0 aliphatic heterocycles. The first-order chi connectivity index (χ1) is 10.3. The third-order valence-corrected chi connectivity index (χ3v) is 4.75. The van der Waals surface area contributed by atoms with Gasteiger partial charge in [-0.15, -0.1) is 0 Å². The van der Waals surface area contributed by atoms with Gasteiger partial charge < -0.3 is 5.32 Å². The number of halogens is 3. The summed E-state index contributed by atoms with van der Waals surface area (Å²) in [5.74, 6) is 0. The van der Waals surface area contributed by atoms with Crippen molar-refractivity contribution in [2.75, 3.05) is 0 Å². The van der Waals surface area contributed by atoms with Crippen molar-refractivity contribution in [1.29, 1.82) is 0 Å². The summed E-state index contributed by atoms with van der Waals surface area (Å²) in [7, 11) is 0. The molecule has 0 amide bonds. The van der Waals surface area contributed by atoms with Crippen LogP contribution in [0.25, 0.3) is 0 Å². The molecule has 0 aliphatic carbocycles. The molecule has 0 fully saturated rings. The zero-order valence-electron chi connectivity index (χ0n) is 13.2. The van der Waals surface area contributed by atoms with Crippen molar-refractivity contribution in [2.45, 2.75) is 40.3 Å². The topological polar surface area (TPSA) is 12.0 Å². The maximum absolute atomic E-state index is 6.29. The number of nitrogens with one attached hydrogen (secondary N) is 1. The van der Waals surface area contributed by atoms with Crippen LogP contribution in [0.1, 0.15) is 40.8 Å². The van der Waals surface area contributed by atoms with E-state index in [1.165, 1.54) is 22.3 Å². The van der Waals surface area contributed by atoms with E-state index in [0.29, 0.717) is 15.1 Å². The Morgan fingerprint density at radius 3 is 1.91 bits per heavy atom. The number of aryl methyl sites for hydroxylation is 3. The molecule has 1 N–H and O–H groups in total. The van der Waals surface area contributed by atoms with Gasteiger partial charge in [0.1, 0.15) is 0 Å². The average molecular weight is 357 g/mol. The third kappa shape index (κ3) is 3.97. The SMILES string of the molecule is Cc1cc(C)c(CNC(C)c2c(Cl)cc(Cl)cc2Cl)c(C)c1. The second-order valence-electron chi connectivity index (χ2n) is 5.76. The minimum absolute atomic E-state index is 0.0392. The first kappa shape index (κ1) is 17.6. The van der Waals surface area contributed by atoms with Gasteiger partial charge in [0, 0.05) is 33.2 Å². The van der Waals surface area contributed by atoms with E-state index in [-0.39, 0.29) is 6.04 Å². The monoisotopic (exact) mass is 355 g/mol. The number of rotatable bonds is 4. The van der Waals surface area contributed by atoms with Crippen molar-refractivity contribution in [3.05, 3.63) is 67.2 Å². The summed E-state index contributed by atoms with van der Waals surface area (Å²) >= 11 is 18.5. The largest absolute Gasteiger partial charge is 0.306 e. The maximum atomic E-state index is 6.29. The second-order valence-corrected chi connectivity index (χ2v) is 7.01. The van der Waals surface area contributed by atoms with Gasteiger partial charge in [-0.1, -0.05) is 52.5 Å². The highest BCUT2D eigenvalue weighted by Gasteiger charge is 2.15. The lowest BCUT2D eigenvalue weighted by Gasteiger charge is -2.19. The fourth-order valence-electron chi connectivity index (χ4n) is 2.81. The van der Waals surface area contributed by atoms with Crippen LogP contribution in [0.15, 0.2) is 24.3 Å². The van der Waals surface area contributed by atoms with Crippen LogP contribution in [-0.4, -0.2) is 0 Å². The molecular weight excluding hydrogens is 337 g/mol. The van der Waals surface area contributed by atoms with Crippen LogP contribution in [0.2, 0.25) is 15.1 Å². The molecule has 0 aliphatic rings. The number of hydrogen-bond acceptors (Lipinski definition) is 1. The molecule has 0 saturated heterocycles. The molecule has 118 valence electrons. The Morgan fingerprint density at radius 2 is 1.41 bits per heavy atom. The number of benzene rings is 2. The van der Waals surface area contributed by atoms with Crippen LogP contribution < -0.4 is 5.32 Å². The predicted octanol–water partition coefficient (Wildman–Crippen LogP) is 6.42. The molecule has 2 aromatic rings. The standard InChI is InChI=1S/C18H20Cl3N/c1-10-5-11(2)15(12(3)6-10)9-22-13(4)18-16(20)7-14(19)8-17(18)21/h5-8,13,22H,9H2,1-4H3. The van der Waals surface area contributed by atoms with Crippen LogP contribution in [0, 0.1) is 20.8 Å². The van der Waals surface area contributed by atoms with Gasteiger partial charge in [0.05, 0.1) is 0 Å². The summed E-state index contributed by atoms with van der Waals surface area (Å²) < 4.78 is 0. The Balaban J connectivity index is 2.19. The smallest absolute Gasteiger partial charge is 0.0483 e. The predicted molar refractivity (Wildman–Crippen MR) is 97.4 cm³/mol. The van der Waals surface area contributed by atoms with Gasteiger partial charge in [-0.05, 0) is 56.5 Å². The van der Waals surface area contributed by atoms with Crippen LogP contribution >= 0.6 is 34.8 Å². The highest BCUT2D eigenvalue weighted by atomic mass is 35.5. The highest BCUT2D eigenvalue weighted by Crippen LogP contribution is 2.33. The van der Waals surface area contributed by atoms with Gasteiger partial charge in [0.25, 0.3) is 0 Å². The summed E-state index contributed by atoms with van der Waals surface area (Å²) in [6.45, 7) is 9.23. The Hall–Kier alpha value is -0.730. The summed E-state index contributed by atoms with van der Waals surface area (Å²) in [6.07, 6.45) is 0. The van der Waals surface area contributed by atoms with E-state index in [1.807, 2.05) is 0 Å². The first-order valence-electron chi connectivity index (χ1n) is 7.24. The lowest BCUT2D eigenvalue weighted by atomic mass is 9.99. The van der Waals surface area contributed by atoms with E-state index < -0.39 is 0 Å². The molecule has 0 aromatic heterocycles. The Labute approximate surface area is 147 Å². The van der Waals surface area contributed by atoms with Crippen molar-refractivity contribution >= 4 is 34.8 Å². The zero-order valence-corrected chi connectivity index (χ0v) is 15.5. The molecular formula is C18H20Cl3N. The molecule has 0 heterocycles. The Bertz CT molecular complexity index is 649. The van der Waals surface area contributed by atoms with Crippen LogP contribution in [-0.2, 0) is 6.54 Å². The lowest BCUT2D eigenvalue weighted by molar-refractivity contribution is 0.572. The van der Waals surface area contributed by atoms with Crippen molar-refractivity contribution in [3.8, 4) is 0 Å². The molecule has 1 nitrogen and oxygen atoms in total. The van der Waals surface area contributed by atoms with E-state index in [0.717, 1.165) is 12.1 Å². The van der Waals surface area contributed by atoms with Gasteiger partial charge >= 0.3 is 0 Å². The van der Waals surface area contributed by atoms with Gasteiger partial charge in [-0.3, -0.25) is 0 Å². The first-order valence-corrected chi connectivity index (χ1v) is 8.37. The summed E-state index contributed by atoms with van der Waals surface area (Å²) in [5, 5.41) is 5.24. The van der Waals surface area contributed by atoms with E-state index >= 15 is 0 Å². The minimum atomic E-state index is 0.0392. The average Bonchev–Trinajstić information content (AvgIpc) is 2.35. The van der Waals surface area contributed by atoms with E-state index in [4.69, 9.17) is 34.8 Å². The molecule has 4 heteroatoms. The van der Waals surface area contributed by atoms with E-state index in [1.54, 1.807) is 12.1 Å². The van der Waals surface area contributed by atoms with Crippen LogP contribution in [0.4, 0.5) is 0 Å². The minimum Gasteiger partial charge on any atom is -0.306 e. The van der Waals surface area contributed by atoms with Gasteiger partial charge in [0.2, 0.25) is 0 Å². The lowest BCUT2D eigenvalue weighted by Crippen LogP contribution is -2.20. The molecule has 2 rings (SSSR count). The maximum Gasteiger partial charge on any atom is 0.0483 e. The van der Waals surface area contributed by atoms with Crippen molar-refractivity contribution in [1.82, 2.24) is 5.32 Å².